The molecule has 0 fully saturated rings. The first-order valence-electron chi connectivity index (χ1n) is 12.0. The molecule has 12 heteroatoms. The van der Waals surface area contributed by atoms with E-state index >= 15 is 0 Å². The van der Waals surface area contributed by atoms with Crippen molar-refractivity contribution in [1.82, 2.24) is 5.32 Å². The predicted molar refractivity (Wildman–Crippen MR) is 127 cm³/mol. The monoisotopic (exact) mass is 511 g/mol. The maximum atomic E-state index is 11.4. The number of nitrogens with one attached hydrogen (secondary N) is 1. The van der Waals surface area contributed by atoms with Gasteiger partial charge >= 0.3 is 12.1 Å². The third-order valence-corrected chi connectivity index (χ3v) is 3.68. The van der Waals surface area contributed by atoms with Gasteiger partial charge in [0.2, 0.25) is 0 Å². The van der Waals surface area contributed by atoms with Crippen LogP contribution in [0.25, 0.3) is 0 Å². The Labute approximate surface area is 209 Å². The molecule has 1 N–H and O–H groups in total. The third kappa shape index (κ3) is 30.4. The summed E-state index contributed by atoms with van der Waals surface area (Å²) in [5.41, 5.74) is -0.509. The van der Waals surface area contributed by atoms with Crippen LogP contribution >= 0.6 is 0 Å². The zero-order chi connectivity index (χ0) is 26.0. The molecule has 0 atom stereocenters. The van der Waals surface area contributed by atoms with Gasteiger partial charge in [0.25, 0.3) is 0 Å². The summed E-state index contributed by atoms with van der Waals surface area (Å²) in [5.74, 6) is -0.314. The summed E-state index contributed by atoms with van der Waals surface area (Å²) in [6.07, 6.45) is -0.454. The van der Waals surface area contributed by atoms with Crippen LogP contribution < -0.4 is 5.32 Å². The Bertz CT molecular complexity index is 500. The lowest BCUT2D eigenvalue weighted by Crippen LogP contribution is -2.34. The van der Waals surface area contributed by atoms with E-state index in [4.69, 9.17) is 42.6 Å². The van der Waals surface area contributed by atoms with E-state index in [0.717, 1.165) is 0 Å². The Kier molecular flexibility index (Phi) is 23.1. The highest BCUT2D eigenvalue weighted by Gasteiger charge is 2.15. The topological polar surface area (TPSA) is 129 Å². The number of hydrogen-bond acceptors (Lipinski definition) is 11. The van der Waals surface area contributed by atoms with Gasteiger partial charge in [-0.2, -0.15) is 0 Å². The summed E-state index contributed by atoms with van der Waals surface area (Å²) in [5, 5.41) is 2.62. The van der Waals surface area contributed by atoms with E-state index in [1.165, 1.54) is 6.92 Å². The van der Waals surface area contributed by atoms with Crippen LogP contribution in [0.15, 0.2) is 0 Å². The molecular weight excluding hydrogens is 466 g/mol. The maximum absolute atomic E-state index is 11.4. The Morgan fingerprint density at radius 1 is 0.543 bits per heavy atom. The van der Waals surface area contributed by atoms with Crippen molar-refractivity contribution in [1.29, 1.82) is 0 Å². The number of rotatable bonds is 24. The van der Waals surface area contributed by atoms with E-state index < -0.39 is 11.7 Å². The van der Waals surface area contributed by atoms with Gasteiger partial charge in [-0.3, -0.25) is 4.79 Å². The van der Waals surface area contributed by atoms with Crippen molar-refractivity contribution in [2.45, 2.75) is 33.3 Å². The molecule has 0 rings (SSSR count). The van der Waals surface area contributed by atoms with Crippen molar-refractivity contribution in [2.75, 3.05) is 106 Å². The molecule has 1 amide bonds. The fourth-order valence-corrected chi connectivity index (χ4v) is 2.21. The highest BCUT2D eigenvalue weighted by Crippen LogP contribution is 2.06. The van der Waals surface area contributed by atoms with Crippen molar-refractivity contribution >= 4 is 12.1 Å². The number of esters is 1. The molecule has 0 aromatic rings. The van der Waals surface area contributed by atoms with Gasteiger partial charge in [-0.25, -0.2) is 4.79 Å². The van der Waals surface area contributed by atoms with E-state index in [2.05, 4.69) is 5.32 Å². The molecule has 0 aromatic carbocycles. The SMILES string of the molecule is CC(=O)OCCOCCOCCOCCOCCOCCOCCOCCNC(=O)OC(C)(C)C. The van der Waals surface area contributed by atoms with Gasteiger partial charge in [0.15, 0.2) is 0 Å². The standard InChI is InChI=1S/C23H45NO11/c1-21(25)34-20-19-33-18-17-32-16-15-31-14-13-30-12-11-29-10-9-28-8-7-27-6-5-24-22(26)35-23(2,3)4/h5-20H2,1-4H3,(H,24,26). The molecule has 0 saturated carbocycles. The summed E-state index contributed by atoms with van der Waals surface area (Å²) in [7, 11) is 0. The van der Waals surface area contributed by atoms with Gasteiger partial charge in [0.05, 0.1) is 92.5 Å². The van der Waals surface area contributed by atoms with Gasteiger partial charge in [-0.05, 0) is 20.8 Å². The minimum Gasteiger partial charge on any atom is -0.463 e. The Morgan fingerprint density at radius 3 is 1.17 bits per heavy atom. The molecular formula is C23H45NO11. The lowest BCUT2D eigenvalue weighted by atomic mass is 10.2. The highest BCUT2D eigenvalue weighted by atomic mass is 16.6. The number of alkyl carbamates (subject to hydrolysis) is 1. The number of carbonyl (C=O) groups excluding carboxylic acids is 2. The van der Waals surface area contributed by atoms with Crippen LogP contribution in [0.2, 0.25) is 0 Å². The summed E-state index contributed by atoms with van der Waals surface area (Å²) in [6.45, 7) is 13.8. The molecule has 0 aliphatic carbocycles. The minimum absolute atomic E-state index is 0.256. The van der Waals surface area contributed by atoms with Gasteiger partial charge in [0, 0.05) is 13.5 Å². The average molecular weight is 512 g/mol. The second kappa shape index (κ2) is 24.2. The molecule has 0 spiro atoms. The normalized spacial score (nSPS) is 11.4. The van der Waals surface area contributed by atoms with Crippen LogP contribution in [-0.2, 0) is 47.4 Å². The van der Waals surface area contributed by atoms with Crippen LogP contribution in [0.5, 0.6) is 0 Å². The largest absolute Gasteiger partial charge is 0.463 e. The summed E-state index contributed by atoms with van der Waals surface area (Å²) in [4.78, 5) is 22.0. The molecule has 0 aromatic heterocycles. The first-order chi connectivity index (χ1) is 16.8. The molecule has 0 unspecified atom stereocenters. The Balaban J connectivity index is 3.11. The summed E-state index contributed by atoms with van der Waals surface area (Å²) in [6, 6.07) is 0. The molecule has 0 aliphatic rings. The van der Waals surface area contributed by atoms with E-state index in [9.17, 15) is 9.59 Å². The first-order valence-corrected chi connectivity index (χ1v) is 12.0. The summed E-state index contributed by atoms with van der Waals surface area (Å²) < 4.78 is 47.4. The molecule has 0 saturated heterocycles. The van der Waals surface area contributed by atoms with Crippen LogP contribution in [0.1, 0.15) is 27.7 Å². The van der Waals surface area contributed by atoms with E-state index in [0.29, 0.717) is 99.0 Å². The fourth-order valence-electron chi connectivity index (χ4n) is 2.21. The van der Waals surface area contributed by atoms with E-state index in [1.54, 1.807) is 0 Å². The van der Waals surface area contributed by atoms with Crippen molar-refractivity contribution in [3.8, 4) is 0 Å². The number of amides is 1. The maximum Gasteiger partial charge on any atom is 0.407 e. The second-order valence-electron chi connectivity index (χ2n) is 8.06. The Morgan fingerprint density at radius 2 is 0.857 bits per heavy atom. The highest BCUT2D eigenvalue weighted by molar-refractivity contribution is 5.67. The molecule has 0 radical (unpaired) electrons. The van der Waals surface area contributed by atoms with Gasteiger partial charge < -0.3 is 47.9 Å². The smallest absolute Gasteiger partial charge is 0.407 e. The van der Waals surface area contributed by atoms with Crippen molar-refractivity contribution in [3.05, 3.63) is 0 Å². The van der Waals surface area contributed by atoms with Crippen LogP contribution in [0.3, 0.4) is 0 Å². The third-order valence-electron chi connectivity index (χ3n) is 3.68. The van der Waals surface area contributed by atoms with Crippen LogP contribution in [0.4, 0.5) is 4.79 Å². The summed E-state index contributed by atoms with van der Waals surface area (Å²) >= 11 is 0. The van der Waals surface area contributed by atoms with E-state index in [-0.39, 0.29) is 12.6 Å². The van der Waals surface area contributed by atoms with Crippen molar-refractivity contribution in [3.63, 3.8) is 0 Å². The van der Waals surface area contributed by atoms with Crippen LogP contribution in [-0.4, -0.2) is 123 Å². The lowest BCUT2D eigenvalue weighted by molar-refractivity contribution is -0.142. The van der Waals surface area contributed by atoms with Crippen LogP contribution in [0, 0.1) is 0 Å². The number of hydrogen-bond donors (Lipinski definition) is 1. The molecule has 0 bridgehead atoms. The molecule has 0 aliphatic heterocycles. The average Bonchev–Trinajstić information content (AvgIpc) is 2.77. The predicted octanol–water partition coefficient (Wildman–Crippen LogP) is 1.19. The quantitative estimate of drug-likeness (QED) is 0.148. The first kappa shape index (κ1) is 33.5. The van der Waals surface area contributed by atoms with Gasteiger partial charge in [-0.15, -0.1) is 0 Å². The fraction of sp³-hybridized carbons (Fsp3) is 0.913. The van der Waals surface area contributed by atoms with Crippen molar-refractivity contribution < 1.29 is 52.2 Å². The molecule has 12 nitrogen and oxygen atoms in total. The zero-order valence-electron chi connectivity index (χ0n) is 21.8. The zero-order valence-corrected chi connectivity index (χ0v) is 21.8. The molecule has 35 heavy (non-hydrogen) atoms. The molecule has 0 heterocycles. The minimum atomic E-state index is -0.509. The van der Waals surface area contributed by atoms with Gasteiger partial charge in [-0.1, -0.05) is 0 Å². The van der Waals surface area contributed by atoms with E-state index in [1.807, 2.05) is 20.8 Å². The molecule has 208 valence electrons. The van der Waals surface area contributed by atoms with Gasteiger partial charge in [0.1, 0.15) is 12.2 Å². The van der Waals surface area contributed by atoms with Crippen molar-refractivity contribution in [2.24, 2.45) is 0 Å². The second-order valence-corrected chi connectivity index (χ2v) is 8.06. The lowest BCUT2D eigenvalue weighted by Gasteiger charge is -2.19. The number of carbonyl (C=O) groups is 2. The Hall–Kier alpha value is -1.54. The number of ether oxygens (including phenoxy) is 9.